The third-order valence-corrected chi connectivity index (χ3v) is 4.73. The third-order valence-electron chi connectivity index (χ3n) is 4.73. The summed E-state index contributed by atoms with van der Waals surface area (Å²) < 4.78 is 0. The van der Waals surface area contributed by atoms with E-state index in [1.165, 1.54) is 0 Å². The lowest BCUT2D eigenvalue weighted by atomic mass is 9.90. The summed E-state index contributed by atoms with van der Waals surface area (Å²) in [4.78, 5) is 13.1. The van der Waals surface area contributed by atoms with E-state index in [4.69, 9.17) is 0 Å². The molecule has 0 saturated heterocycles. The molecule has 124 valence electrons. The zero-order valence-electron chi connectivity index (χ0n) is 14.3. The van der Waals surface area contributed by atoms with Crippen LogP contribution in [0.3, 0.4) is 0 Å². The molecular formula is C22H24O2. The molecule has 1 aliphatic rings. The van der Waals surface area contributed by atoms with Crippen LogP contribution in [-0.4, -0.2) is 17.0 Å². The van der Waals surface area contributed by atoms with Gasteiger partial charge in [-0.2, -0.15) is 0 Å². The monoisotopic (exact) mass is 320 g/mol. The average molecular weight is 320 g/mol. The van der Waals surface area contributed by atoms with Crippen molar-refractivity contribution in [3.63, 3.8) is 0 Å². The van der Waals surface area contributed by atoms with Gasteiger partial charge in [-0.25, -0.2) is 0 Å². The number of carbonyl (C=O) groups is 1. The van der Waals surface area contributed by atoms with Gasteiger partial charge in [-0.15, -0.1) is 0 Å². The first-order valence-corrected chi connectivity index (χ1v) is 8.67. The topological polar surface area (TPSA) is 37.3 Å². The van der Waals surface area contributed by atoms with Crippen LogP contribution in [-0.2, 0) is 4.79 Å². The van der Waals surface area contributed by atoms with E-state index < -0.39 is 6.10 Å². The van der Waals surface area contributed by atoms with Crippen molar-refractivity contribution in [2.75, 3.05) is 0 Å². The zero-order valence-corrected chi connectivity index (χ0v) is 14.3. The van der Waals surface area contributed by atoms with E-state index in [9.17, 15) is 9.90 Å². The van der Waals surface area contributed by atoms with Crippen LogP contribution in [0.25, 0.3) is 11.1 Å². The van der Waals surface area contributed by atoms with Crippen LogP contribution < -0.4 is 0 Å². The van der Waals surface area contributed by atoms with Crippen molar-refractivity contribution >= 4 is 16.9 Å². The fraction of sp³-hybridized carbons (Fsp3) is 0.318. The lowest BCUT2D eigenvalue weighted by Gasteiger charge is -2.17. The zero-order chi connectivity index (χ0) is 17.1. The van der Waals surface area contributed by atoms with E-state index in [0.717, 1.165) is 29.5 Å². The predicted molar refractivity (Wildman–Crippen MR) is 98.3 cm³/mol. The molecule has 0 amide bonds. The average Bonchev–Trinajstić information content (AvgIpc) is 2.85. The molecule has 0 heterocycles. The fourth-order valence-electron chi connectivity index (χ4n) is 3.45. The van der Waals surface area contributed by atoms with Crippen molar-refractivity contribution < 1.29 is 9.90 Å². The molecule has 2 aromatic rings. The molecule has 1 N–H and O–H groups in total. The van der Waals surface area contributed by atoms with Crippen molar-refractivity contribution in [1.29, 1.82) is 0 Å². The summed E-state index contributed by atoms with van der Waals surface area (Å²) in [6.07, 6.45) is 0.941. The number of rotatable bonds is 5. The lowest BCUT2D eigenvalue weighted by Crippen LogP contribution is -2.22. The summed E-state index contributed by atoms with van der Waals surface area (Å²) in [6.45, 7) is 4.30. The second kappa shape index (κ2) is 7.14. The van der Waals surface area contributed by atoms with Crippen molar-refractivity contribution in [3.8, 4) is 0 Å². The largest absolute Gasteiger partial charge is 0.388 e. The molecule has 0 spiro atoms. The van der Waals surface area contributed by atoms with Crippen LogP contribution in [0.5, 0.6) is 0 Å². The molecule has 0 aliphatic heterocycles. The van der Waals surface area contributed by atoms with Gasteiger partial charge < -0.3 is 5.11 Å². The minimum atomic E-state index is -0.728. The number of allylic oxidation sites excluding steroid dienone is 1. The highest BCUT2D eigenvalue weighted by atomic mass is 16.3. The molecule has 0 saturated carbocycles. The number of hydrogen-bond acceptors (Lipinski definition) is 2. The van der Waals surface area contributed by atoms with Crippen molar-refractivity contribution in [2.45, 2.75) is 32.8 Å². The molecular weight excluding hydrogens is 296 g/mol. The first-order valence-electron chi connectivity index (χ1n) is 8.67. The van der Waals surface area contributed by atoms with Crippen LogP contribution in [0.1, 0.15) is 37.8 Å². The summed E-state index contributed by atoms with van der Waals surface area (Å²) in [5.74, 6) is 0.261. The normalized spacial score (nSPS) is 20.9. The van der Waals surface area contributed by atoms with Gasteiger partial charge in [0.25, 0.3) is 0 Å². The Morgan fingerprint density at radius 1 is 0.917 bits per heavy atom. The molecule has 24 heavy (non-hydrogen) atoms. The van der Waals surface area contributed by atoms with E-state index in [1.54, 1.807) is 0 Å². The van der Waals surface area contributed by atoms with Gasteiger partial charge in [-0.3, -0.25) is 4.79 Å². The third kappa shape index (κ3) is 3.20. The van der Waals surface area contributed by atoms with Gasteiger partial charge in [0.2, 0.25) is 0 Å². The number of Topliss-reactive ketones (excluding diaryl/α,β-unsaturated/α-hetero) is 1. The Labute approximate surface area is 143 Å². The SMILES string of the molecule is CC(C)CC[C@@H]1C(=O)C(c2ccccc2)=C(c2ccccc2)[C@@H]1O. The second-order valence-corrected chi connectivity index (χ2v) is 6.91. The van der Waals surface area contributed by atoms with Crippen LogP contribution >= 0.6 is 0 Å². The highest BCUT2D eigenvalue weighted by Gasteiger charge is 2.41. The number of benzene rings is 2. The van der Waals surface area contributed by atoms with E-state index in [2.05, 4.69) is 13.8 Å². The van der Waals surface area contributed by atoms with Gasteiger partial charge in [0.15, 0.2) is 5.78 Å². The van der Waals surface area contributed by atoms with Gasteiger partial charge in [0.1, 0.15) is 0 Å². The van der Waals surface area contributed by atoms with Crippen LogP contribution in [0.2, 0.25) is 0 Å². The fourth-order valence-corrected chi connectivity index (χ4v) is 3.45. The maximum atomic E-state index is 13.1. The first kappa shape index (κ1) is 16.7. The summed E-state index contributed by atoms with van der Waals surface area (Å²) in [7, 11) is 0. The molecule has 2 atom stereocenters. The van der Waals surface area contributed by atoms with E-state index in [1.807, 2.05) is 60.7 Å². The summed E-state index contributed by atoms with van der Waals surface area (Å²) >= 11 is 0. The molecule has 0 fully saturated rings. The van der Waals surface area contributed by atoms with Gasteiger partial charge in [-0.1, -0.05) is 80.9 Å². The van der Waals surface area contributed by atoms with E-state index >= 15 is 0 Å². The predicted octanol–water partition coefficient (Wildman–Crippen LogP) is 4.59. The van der Waals surface area contributed by atoms with E-state index in [0.29, 0.717) is 11.5 Å². The Balaban J connectivity index is 2.06. The van der Waals surface area contributed by atoms with Gasteiger partial charge in [0.05, 0.1) is 12.0 Å². The second-order valence-electron chi connectivity index (χ2n) is 6.91. The number of ketones is 1. The molecule has 0 aromatic heterocycles. The molecule has 0 bridgehead atoms. The summed E-state index contributed by atoms with van der Waals surface area (Å²) in [5.41, 5.74) is 3.29. The lowest BCUT2D eigenvalue weighted by molar-refractivity contribution is -0.118. The Kier molecular flexibility index (Phi) is 4.96. The maximum absolute atomic E-state index is 13.1. The first-order chi connectivity index (χ1) is 11.6. The number of hydrogen-bond donors (Lipinski definition) is 1. The van der Waals surface area contributed by atoms with Crippen molar-refractivity contribution in [3.05, 3.63) is 71.8 Å². The molecule has 0 unspecified atom stereocenters. The maximum Gasteiger partial charge on any atom is 0.169 e. The highest BCUT2D eigenvalue weighted by Crippen LogP contribution is 2.42. The Hall–Kier alpha value is -2.19. The number of carbonyl (C=O) groups excluding carboxylic acids is 1. The van der Waals surface area contributed by atoms with Gasteiger partial charge in [-0.05, 0) is 29.0 Å². The number of aliphatic hydroxyl groups excluding tert-OH is 1. The van der Waals surface area contributed by atoms with Crippen molar-refractivity contribution in [1.82, 2.24) is 0 Å². The Morgan fingerprint density at radius 3 is 2.00 bits per heavy atom. The Morgan fingerprint density at radius 2 is 1.46 bits per heavy atom. The number of aliphatic hydroxyl groups is 1. The van der Waals surface area contributed by atoms with Gasteiger partial charge in [0, 0.05) is 5.57 Å². The van der Waals surface area contributed by atoms with Crippen LogP contribution in [0.15, 0.2) is 60.7 Å². The van der Waals surface area contributed by atoms with E-state index in [-0.39, 0.29) is 11.7 Å². The quantitative estimate of drug-likeness (QED) is 0.874. The summed E-state index contributed by atoms with van der Waals surface area (Å²) in [6, 6.07) is 19.5. The van der Waals surface area contributed by atoms with Crippen LogP contribution in [0, 0.1) is 11.8 Å². The molecule has 2 heteroatoms. The van der Waals surface area contributed by atoms with Crippen LogP contribution in [0.4, 0.5) is 0 Å². The standard InChI is InChI=1S/C22H24O2/c1-15(2)13-14-18-21(23)19(16-9-5-3-6-10-16)20(22(18)24)17-11-7-4-8-12-17/h3-12,15,18,21,23H,13-14H2,1-2H3/t18-,21+/m0/s1. The minimum Gasteiger partial charge on any atom is -0.388 e. The molecule has 3 rings (SSSR count). The minimum absolute atomic E-state index is 0.0770. The molecule has 0 radical (unpaired) electrons. The summed E-state index contributed by atoms with van der Waals surface area (Å²) in [5, 5.41) is 10.9. The molecule has 1 aliphatic carbocycles. The molecule has 2 nitrogen and oxygen atoms in total. The highest BCUT2D eigenvalue weighted by molar-refractivity contribution is 6.33. The molecule has 2 aromatic carbocycles. The smallest absolute Gasteiger partial charge is 0.169 e. The Bertz CT molecular complexity index is 729. The van der Waals surface area contributed by atoms with Gasteiger partial charge >= 0.3 is 0 Å². The van der Waals surface area contributed by atoms with Crippen molar-refractivity contribution in [2.24, 2.45) is 11.8 Å².